The number of rotatable bonds is 2. The first-order chi connectivity index (χ1) is 11.1. The monoisotopic (exact) mass is 334 g/mol. The Morgan fingerprint density at radius 1 is 1.35 bits per heavy atom. The van der Waals surface area contributed by atoms with E-state index >= 15 is 0 Å². The number of hydrogen-bond acceptors (Lipinski definition) is 3. The fourth-order valence-corrected chi connectivity index (χ4v) is 4.36. The molecule has 2 atom stereocenters. The molecule has 3 saturated heterocycles. The van der Waals surface area contributed by atoms with Crippen LogP contribution in [0.2, 0.25) is 5.02 Å². The Morgan fingerprint density at radius 3 is 3.00 bits per heavy atom. The molecular weight excluding hydrogens is 316 g/mol. The predicted octanol–water partition coefficient (Wildman–Crippen LogP) is 1.83. The van der Waals surface area contributed by atoms with Gasteiger partial charge >= 0.3 is 0 Å². The predicted molar refractivity (Wildman–Crippen MR) is 84.9 cm³/mol. The first kappa shape index (κ1) is 15.0. The number of carbonyl (C=O) groups excluding carboxylic acids is 2. The first-order valence-corrected chi connectivity index (χ1v) is 8.47. The Hall–Kier alpha value is -1.59. The molecule has 122 valence electrons. The summed E-state index contributed by atoms with van der Waals surface area (Å²) >= 11 is 6.16. The van der Waals surface area contributed by atoms with Gasteiger partial charge in [0.25, 0.3) is 0 Å². The molecule has 0 bridgehead atoms. The average Bonchev–Trinajstić information content (AvgIpc) is 3.02. The van der Waals surface area contributed by atoms with Gasteiger partial charge in [-0.15, -0.1) is 0 Å². The summed E-state index contributed by atoms with van der Waals surface area (Å²) in [5, 5.41) is 0.604. The summed E-state index contributed by atoms with van der Waals surface area (Å²) in [5.41, 5.74) is 0.247. The smallest absolute Gasteiger partial charge is 0.227 e. The third-order valence-electron chi connectivity index (χ3n) is 5.23. The third kappa shape index (κ3) is 2.25. The van der Waals surface area contributed by atoms with Crippen molar-refractivity contribution in [1.29, 1.82) is 0 Å². The van der Waals surface area contributed by atoms with Gasteiger partial charge in [-0.3, -0.25) is 9.59 Å². The van der Waals surface area contributed by atoms with Crippen LogP contribution >= 0.6 is 11.6 Å². The minimum atomic E-state index is -0.578. The van der Waals surface area contributed by atoms with Gasteiger partial charge in [-0.2, -0.15) is 0 Å². The van der Waals surface area contributed by atoms with Gasteiger partial charge in [0.1, 0.15) is 0 Å². The molecule has 5 nitrogen and oxygen atoms in total. The Balaban J connectivity index is 1.56. The molecule has 4 rings (SSSR count). The van der Waals surface area contributed by atoms with Crippen molar-refractivity contribution < 1.29 is 14.3 Å². The second-order valence-electron chi connectivity index (χ2n) is 6.42. The van der Waals surface area contributed by atoms with E-state index in [1.165, 1.54) is 0 Å². The second kappa shape index (κ2) is 5.49. The number of benzene rings is 1. The SMILES string of the molecule is O=C(Cc1ccccc1Cl)N1CC[C@@]23OCCCN2C(=O)C[C@@H]13. The summed E-state index contributed by atoms with van der Waals surface area (Å²) in [5.74, 6) is 0.119. The molecule has 3 aliphatic rings. The van der Waals surface area contributed by atoms with E-state index in [-0.39, 0.29) is 24.3 Å². The zero-order valence-corrected chi connectivity index (χ0v) is 13.6. The van der Waals surface area contributed by atoms with Gasteiger partial charge in [0.2, 0.25) is 11.8 Å². The van der Waals surface area contributed by atoms with Crippen LogP contribution in [0.4, 0.5) is 0 Å². The molecule has 0 radical (unpaired) electrons. The lowest BCUT2D eigenvalue weighted by Gasteiger charge is -2.42. The maximum Gasteiger partial charge on any atom is 0.227 e. The van der Waals surface area contributed by atoms with Gasteiger partial charge in [-0.1, -0.05) is 29.8 Å². The molecule has 0 aliphatic carbocycles. The summed E-state index contributed by atoms with van der Waals surface area (Å²) in [6.45, 7) is 2.03. The number of hydrogen-bond donors (Lipinski definition) is 0. The Bertz CT molecular complexity index is 665. The molecule has 1 aromatic rings. The van der Waals surface area contributed by atoms with E-state index in [9.17, 15) is 9.59 Å². The van der Waals surface area contributed by atoms with E-state index in [2.05, 4.69) is 0 Å². The number of likely N-dealkylation sites (tertiary alicyclic amines) is 1. The van der Waals surface area contributed by atoms with Crippen molar-refractivity contribution in [1.82, 2.24) is 9.80 Å². The van der Waals surface area contributed by atoms with E-state index < -0.39 is 5.72 Å². The van der Waals surface area contributed by atoms with Crippen molar-refractivity contribution in [3.63, 3.8) is 0 Å². The molecule has 23 heavy (non-hydrogen) atoms. The average molecular weight is 335 g/mol. The highest BCUT2D eigenvalue weighted by Crippen LogP contribution is 2.45. The molecule has 6 heteroatoms. The van der Waals surface area contributed by atoms with Gasteiger partial charge in [0.15, 0.2) is 5.72 Å². The molecule has 3 aliphatic heterocycles. The van der Waals surface area contributed by atoms with Crippen LogP contribution in [-0.2, 0) is 20.7 Å². The number of halogens is 1. The van der Waals surface area contributed by atoms with Crippen LogP contribution in [0, 0.1) is 0 Å². The number of carbonyl (C=O) groups is 2. The van der Waals surface area contributed by atoms with Gasteiger partial charge < -0.3 is 14.5 Å². The molecule has 3 fully saturated rings. The quantitative estimate of drug-likeness (QED) is 0.829. The summed E-state index contributed by atoms with van der Waals surface area (Å²) < 4.78 is 6.02. The van der Waals surface area contributed by atoms with Crippen LogP contribution in [0.5, 0.6) is 0 Å². The Labute approximate surface area is 140 Å². The van der Waals surface area contributed by atoms with E-state index in [4.69, 9.17) is 16.3 Å². The molecule has 2 amide bonds. The largest absolute Gasteiger partial charge is 0.353 e. The Kier molecular flexibility index (Phi) is 3.58. The fraction of sp³-hybridized carbons (Fsp3) is 0.529. The molecule has 1 spiro atoms. The van der Waals surface area contributed by atoms with Crippen molar-refractivity contribution in [2.45, 2.75) is 37.5 Å². The molecule has 1 aromatic carbocycles. The second-order valence-corrected chi connectivity index (χ2v) is 6.82. The minimum Gasteiger partial charge on any atom is -0.353 e. The normalized spacial score (nSPS) is 29.6. The van der Waals surface area contributed by atoms with E-state index in [0.29, 0.717) is 31.0 Å². The standard InChI is InChI=1S/C17H19ClN2O3/c18-13-5-2-1-4-12(13)10-15(21)19-8-6-17-14(19)11-16(22)20(17)7-3-9-23-17/h1-2,4-5,14H,3,6-11H2/t14-,17+/m1/s1. The van der Waals surface area contributed by atoms with Gasteiger partial charge in [0.05, 0.1) is 25.5 Å². The highest BCUT2D eigenvalue weighted by atomic mass is 35.5. The topological polar surface area (TPSA) is 49.9 Å². The van der Waals surface area contributed by atoms with Crippen LogP contribution in [0.3, 0.4) is 0 Å². The van der Waals surface area contributed by atoms with Crippen LogP contribution < -0.4 is 0 Å². The van der Waals surface area contributed by atoms with E-state index in [0.717, 1.165) is 18.5 Å². The van der Waals surface area contributed by atoms with Crippen LogP contribution in [0.15, 0.2) is 24.3 Å². The highest BCUT2D eigenvalue weighted by molar-refractivity contribution is 6.31. The zero-order valence-electron chi connectivity index (χ0n) is 12.8. The van der Waals surface area contributed by atoms with E-state index in [1.54, 1.807) is 6.07 Å². The Morgan fingerprint density at radius 2 is 2.17 bits per heavy atom. The van der Waals surface area contributed by atoms with Crippen molar-refractivity contribution in [3.05, 3.63) is 34.9 Å². The number of nitrogens with zero attached hydrogens (tertiary/aromatic N) is 2. The van der Waals surface area contributed by atoms with Crippen molar-refractivity contribution in [3.8, 4) is 0 Å². The first-order valence-electron chi connectivity index (χ1n) is 8.09. The molecular formula is C17H19ClN2O3. The maximum absolute atomic E-state index is 12.8. The van der Waals surface area contributed by atoms with Gasteiger partial charge in [-0.25, -0.2) is 0 Å². The molecule has 3 heterocycles. The van der Waals surface area contributed by atoms with Crippen molar-refractivity contribution in [2.24, 2.45) is 0 Å². The summed E-state index contributed by atoms with van der Waals surface area (Å²) in [7, 11) is 0. The van der Waals surface area contributed by atoms with Crippen LogP contribution in [0.25, 0.3) is 0 Å². The van der Waals surface area contributed by atoms with Crippen molar-refractivity contribution in [2.75, 3.05) is 19.7 Å². The van der Waals surface area contributed by atoms with Gasteiger partial charge in [0, 0.05) is 24.5 Å². The third-order valence-corrected chi connectivity index (χ3v) is 5.60. The lowest BCUT2D eigenvalue weighted by Crippen LogP contribution is -2.56. The fourth-order valence-electron chi connectivity index (χ4n) is 4.15. The lowest BCUT2D eigenvalue weighted by atomic mass is 10.0. The number of ether oxygens (including phenoxy) is 1. The summed E-state index contributed by atoms with van der Waals surface area (Å²) in [4.78, 5) is 28.7. The highest BCUT2D eigenvalue weighted by Gasteiger charge is 2.61. The van der Waals surface area contributed by atoms with Gasteiger partial charge in [-0.05, 0) is 18.1 Å². The maximum atomic E-state index is 12.8. The molecule has 0 aromatic heterocycles. The molecule has 0 unspecified atom stereocenters. The van der Waals surface area contributed by atoms with E-state index in [1.807, 2.05) is 28.0 Å². The van der Waals surface area contributed by atoms with Crippen molar-refractivity contribution >= 4 is 23.4 Å². The lowest BCUT2D eigenvalue weighted by molar-refractivity contribution is -0.181. The van der Waals surface area contributed by atoms with Crippen LogP contribution in [-0.4, -0.2) is 53.1 Å². The van der Waals surface area contributed by atoms with Crippen LogP contribution in [0.1, 0.15) is 24.8 Å². The summed E-state index contributed by atoms with van der Waals surface area (Å²) in [6, 6.07) is 7.23. The number of amides is 2. The molecule has 0 saturated carbocycles. The molecule has 0 N–H and O–H groups in total. The minimum absolute atomic E-state index is 0.0174. The zero-order chi connectivity index (χ0) is 16.0. The summed E-state index contributed by atoms with van der Waals surface area (Å²) in [6.07, 6.45) is 2.21.